The van der Waals surface area contributed by atoms with E-state index < -0.39 is 0 Å². The smallest absolute Gasteiger partial charge is 0.00525 e. The lowest BCUT2D eigenvalue weighted by Gasteiger charge is -2.30. The lowest BCUT2D eigenvalue weighted by atomic mass is 9.98. The van der Waals surface area contributed by atoms with Crippen molar-refractivity contribution in [1.29, 1.82) is 0 Å². The first-order valence-corrected chi connectivity index (χ1v) is 4.34. The largest absolute Gasteiger partial charge is 0.661 e. The van der Waals surface area contributed by atoms with Crippen molar-refractivity contribution < 1.29 is 0 Å². The quantitative estimate of drug-likeness (QED) is 0.537. The minimum Gasteiger partial charge on any atom is -0.661 e. The van der Waals surface area contributed by atoms with Crippen LogP contribution in [0.15, 0.2) is 0 Å². The second kappa shape index (κ2) is 2.89. The Balaban J connectivity index is 1.96. The fourth-order valence-electron chi connectivity index (χ4n) is 1.98. The summed E-state index contributed by atoms with van der Waals surface area (Å²) in [6.45, 7) is 2.16. The molecule has 2 heterocycles. The molecule has 2 atom stereocenters. The molecule has 2 nitrogen and oxygen atoms in total. The van der Waals surface area contributed by atoms with Crippen LogP contribution >= 0.6 is 0 Å². The molecular weight excluding hydrogens is 124 g/mol. The Labute approximate surface area is 62.4 Å². The highest BCUT2D eigenvalue weighted by molar-refractivity contribution is 4.96. The predicted molar refractivity (Wildman–Crippen MR) is 42.3 cm³/mol. The Morgan fingerprint density at radius 2 is 2.00 bits per heavy atom. The van der Waals surface area contributed by atoms with Gasteiger partial charge in [-0.05, 0) is 18.9 Å². The van der Waals surface area contributed by atoms with E-state index in [2.05, 4.69) is 10.6 Å². The zero-order valence-electron chi connectivity index (χ0n) is 6.34. The minimum atomic E-state index is 0.723. The van der Waals surface area contributed by atoms with E-state index in [0.29, 0.717) is 0 Å². The summed E-state index contributed by atoms with van der Waals surface area (Å²) in [6, 6.07) is 1.52. The van der Waals surface area contributed by atoms with Gasteiger partial charge in [-0.1, -0.05) is 12.8 Å². The van der Waals surface area contributed by atoms with Gasteiger partial charge in [0.15, 0.2) is 0 Å². The first-order chi connectivity index (χ1) is 4.95. The molecule has 0 aromatic heterocycles. The van der Waals surface area contributed by atoms with Crippen LogP contribution < -0.4 is 5.32 Å². The summed E-state index contributed by atoms with van der Waals surface area (Å²) in [5, 5.41) is 8.07. The second-order valence-corrected chi connectivity index (χ2v) is 3.41. The van der Waals surface area contributed by atoms with Crippen LogP contribution in [0, 0.1) is 0 Å². The van der Waals surface area contributed by atoms with Crippen molar-refractivity contribution in [2.75, 3.05) is 13.1 Å². The summed E-state index contributed by atoms with van der Waals surface area (Å²) >= 11 is 0. The molecule has 2 aliphatic rings. The number of nitrogens with one attached hydrogen (secondary N) is 1. The molecule has 0 radical (unpaired) electrons. The van der Waals surface area contributed by atoms with Gasteiger partial charge < -0.3 is 10.6 Å². The number of fused-ring (bicyclic) bond motifs is 2. The van der Waals surface area contributed by atoms with Gasteiger partial charge >= 0.3 is 0 Å². The molecule has 2 fully saturated rings. The molecule has 0 aromatic carbocycles. The molecule has 0 aromatic rings. The molecule has 1 N–H and O–H groups in total. The Kier molecular flexibility index (Phi) is 1.91. The molecule has 10 heavy (non-hydrogen) atoms. The van der Waals surface area contributed by atoms with E-state index >= 15 is 0 Å². The van der Waals surface area contributed by atoms with E-state index in [0.717, 1.165) is 25.2 Å². The molecule has 2 saturated heterocycles. The second-order valence-electron chi connectivity index (χ2n) is 3.41. The fraction of sp³-hybridized carbons (Fsp3) is 1.00. The number of hydrogen-bond donors (Lipinski definition) is 1. The Morgan fingerprint density at radius 1 is 1.10 bits per heavy atom. The van der Waals surface area contributed by atoms with Gasteiger partial charge in [0, 0.05) is 6.04 Å². The van der Waals surface area contributed by atoms with E-state index in [9.17, 15) is 0 Å². The molecule has 2 bridgehead atoms. The van der Waals surface area contributed by atoms with Crippen molar-refractivity contribution in [1.82, 2.24) is 5.32 Å². The number of nitrogens with zero attached hydrogens (tertiary/aromatic N) is 1. The van der Waals surface area contributed by atoms with Crippen LogP contribution in [0.2, 0.25) is 0 Å². The minimum absolute atomic E-state index is 0.723. The third kappa shape index (κ3) is 1.32. The van der Waals surface area contributed by atoms with Gasteiger partial charge in [-0.25, -0.2) is 0 Å². The Bertz CT molecular complexity index is 102. The highest BCUT2D eigenvalue weighted by atomic mass is 15.0. The monoisotopic (exact) mass is 139 g/mol. The first kappa shape index (κ1) is 6.62. The van der Waals surface area contributed by atoms with Crippen LogP contribution in [0.4, 0.5) is 0 Å². The van der Waals surface area contributed by atoms with Crippen LogP contribution in [0.3, 0.4) is 0 Å². The Hall–Kier alpha value is -0.0800. The lowest BCUT2D eigenvalue weighted by Crippen LogP contribution is -2.42. The lowest BCUT2D eigenvalue weighted by molar-refractivity contribution is 0.338. The molecule has 2 unspecified atom stereocenters. The maximum atomic E-state index is 4.45. The van der Waals surface area contributed by atoms with Gasteiger partial charge in [-0.3, -0.25) is 0 Å². The molecule has 2 heteroatoms. The third-order valence-corrected chi connectivity index (χ3v) is 2.56. The molecule has 0 spiro atoms. The van der Waals surface area contributed by atoms with Gasteiger partial charge in [0.25, 0.3) is 0 Å². The van der Waals surface area contributed by atoms with Crippen molar-refractivity contribution in [3.63, 3.8) is 0 Å². The molecular formula is C8H15N2-. The summed E-state index contributed by atoms with van der Waals surface area (Å²) in [4.78, 5) is 0. The van der Waals surface area contributed by atoms with Gasteiger partial charge in [0.2, 0.25) is 0 Å². The summed E-state index contributed by atoms with van der Waals surface area (Å²) in [6.07, 6.45) is 5.42. The van der Waals surface area contributed by atoms with E-state index in [1.807, 2.05) is 0 Å². The molecule has 0 saturated carbocycles. The molecule has 0 amide bonds. The summed E-state index contributed by atoms with van der Waals surface area (Å²) < 4.78 is 0. The van der Waals surface area contributed by atoms with Crippen molar-refractivity contribution in [2.45, 2.75) is 37.8 Å². The van der Waals surface area contributed by atoms with Crippen molar-refractivity contribution in [2.24, 2.45) is 0 Å². The topological polar surface area (TPSA) is 26.1 Å². The summed E-state index contributed by atoms with van der Waals surface area (Å²) in [5.74, 6) is 0. The van der Waals surface area contributed by atoms with Crippen LogP contribution in [0.5, 0.6) is 0 Å². The maximum Gasteiger partial charge on any atom is 0.00525 e. The summed E-state index contributed by atoms with van der Waals surface area (Å²) in [5.41, 5.74) is 0. The molecule has 2 rings (SSSR count). The van der Waals surface area contributed by atoms with Crippen LogP contribution in [-0.4, -0.2) is 25.2 Å². The highest BCUT2D eigenvalue weighted by Gasteiger charge is 2.18. The van der Waals surface area contributed by atoms with Crippen molar-refractivity contribution in [3.8, 4) is 0 Å². The standard InChI is InChI=1S/C8H15N2/c1-2-7-4-5-9-6-8(3-1)10-7/h7-8,10H,1-6H2/q-1. The Morgan fingerprint density at radius 3 is 3.00 bits per heavy atom. The van der Waals surface area contributed by atoms with Crippen LogP contribution in [0.25, 0.3) is 5.32 Å². The predicted octanol–water partition coefficient (Wildman–Crippen LogP) is 1.27. The van der Waals surface area contributed by atoms with Crippen LogP contribution in [-0.2, 0) is 0 Å². The van der Waals surface area contributed by atoms with Gasteiger partial charge in [0.05, 0.1) is 0 Å². The number of piperidine rings is 1. The number of rotatable bonds is 0. The normalized spacial score (nSPS) is 40.8. The molecule has 2 aliphatic heterocycles. The zero-order chi connectivity index (χ0) is 6.81. The van der Waals surface area contributed by atoms with E-state index in [1.165, 1.54) is 25.7 Å². The van der Waals surface area contributed by atoms with Gasteiger partial charge in [-0.2, -0.15) is 0 Å². The SMILES string of the molecule is C1CC2CC[N-]CC(C1)N2. The number of hydrogen-bond acceptors (Lipinski definition) is 1. The summed E-state index contributed by atoms with van der Waals surface area (Å²) in [7, 11) is 0. The van der Waals surface area contributed by atoms with Gasteiger partial charge in [-0.15, -0.1) is 13.1 Å². The van der Waals surface area contributed by atoms with Crippen LogP contribution in [0.1, 0.15) is 25.7 Å². The maximum absolute atomic E-state index is 4.45. The highest BCUT2D eigenvalue weighted by Crippen LogP contribution is 2.19. The van der Waals surface area contributed by atoms with Crippen molar-refractivity contribution in [3.05, 3.63) is 5.32 Å². The molecule has 58 valence electrons. The molecule has 0 aliphatic carbocycles. The fourth-order valence-corrected chi connectivity index (χ4v) is 1.98. The van der Waals surface area contributed by atoms with Gasteiger partial charge in [0.1, 0.15) is 0 Å². The van der Waals surface area contributed by atoms with Crippen molar-refractivity contribution >= 4 is 0 Å². The zero-order valence-corrected chi connectivity index (χ0v) is 6.34. The first-order valence-electron chi connectivity index (χ1n) is 4.34. The van der Waals surface area contributed by atoms with E-state index in [4.69, 9.17) is 0 Å². The van der Waals surface area contributed by atoms with E-state index in [1.54, 1.807) is 0 Å². The average molecular weight is 139 g/mol. The average Bonchev–Trinajstić information content (AvgIpc) is 2.12. The third-order valence-electron chi connectivity index (χ3n) is 2.56. The van der Waals surface area contributed by atoms with E-state index in [-0.39, 0.29) is 0 Å².